The van der Waals surface area contributed by atoms with Crippen molar-refractivity contribution >= 4 is 11.6 Å². The van der Waals surface area contributed by atoms with Gasteiger partial charge in [0, 0.05) is 43.5 Å². The molecule has 0 spiro atoms. The zero-order valence-electron chi connectivity index (χ0n) is 12.6. The summed E-state index contributed by atoms with van der Waals surface area (Å²) in [4.78, 5) is 15.6. The van der Waals surface area contributed by atoms with Crippen LogP contribution in [0, 0.1) is 6.92 Å². The van der Waals surface area contributed by atoms with Crippen molar-refractivity contribution in [2.24, 2.45) is 0 Å². The maximum absolute atomic E-state index is 4.67. The molecule has 1 N–H and O–H groups in total. The quantitative estimate of drug-likeness (QED) is 0.938. The third-order valence-electron chi connectivity index (χ3n) is 4.05. The summed E-state index contributed by atoms with van der Waals surface area (Å²) in [6, 6.07) is 8.27. The van der Waals surface area contributed by atoms with Crippen molar-refractivity contribution in [3.05, 3.63) is 42.0 Å². The molecule has 2 aromatic heterocycles. The highest BCUT2D eigenvalue weighted by molar-refractivity contribution is 5.40. The molecule has 0 amide bonds. The summed E-state index contributed by atoms with van der Waals surface area (Å²) < 4.78 is 0. The van der Waals surface area contributed by atoms with E-state index >= 15 is 0 Å². The molecule has 110 valence electrons. The van der Waals surface area contributed by atoms with Gasteiger partial charge >= 0.3 is 0 Å². The van der Waals surface area contributed by atoms with E-state index in [1.165, 1.54) is 5.69 Å². The number of nitrogens with one attached hydrogen (secondary N) is 1. The summed E-state index contributed by atoms with van der Waals surface area (Å²) in [6.07, 6.45) is 3.88. The number of aryl methyl sites for hydroxylation is 1. The van der Waals surface area contributed by atoms with Gasteiger partial charge < -0.3 is 10.2 Å². The average molecular weight is 283 g/mol. The van der Waals surface area contributed by atoms with Crippen LogP contribution < -0.4 is 10.2 Å². The molecule has 1 aliphatic rings. The second-order valence-corrected chi connectivity index (χ2v) is 5.48. The lowest BCUT2D eigenvalue weighted by atomic mass is 9.93. The number of pyridine rings is 1. The fourth-order valence-corrected chi connectivity index (χ4v) is 2.84. The molecule has 1 saturated heterocycles. The lowest BCUT2D eigenvalue weighted by molar-refractivity contribution is 0.494. The van der Waals surface area contributed by atoms with Gasteiger partial charge in [-0.2, -0.15) is 0 Å². The van der Waals surface area contributed by atoms with E-state index in [0.717, 1.165) is 43.3 Å². The van der Waals surface area contributed by atoms with Crippen LogP contribution in [0.3, 0.4) is 0 Å². The van der Waals surface area contributed by atoms with Crippen LogP contribution >= 0.6 is 0 Å². The minimum atomic E-state index is 0.539. The molecule has 5 nitrogen and oxygen atoms in total. The molecule has 2 aromatic rings. The maximum atomic E-state index is 4.67. The first-order valence-electron chi connectivity index (χ1n) is 7.44. The molecule has 1 fully saturated rings. The molecule has 5 heteroatoms. The second-order valence-electron chi connectivity index (χ2n) is 5.48. The number of piperidine rings is 1. The van der Waals surface area contributed by atoms with Gasteiger partial charge in [-0.25, -0.2) is 15.0 Å². The van der Waals surface area contributed by atoms with Gasteiger partial charge in [0.1, 0.15) is 18.0 Å². The predicted octanol–water partition coefficient (Wildman–Crippen LogP) is 2.61. The smallest absolute Gasteiger partial charge is 0.132 e. The number of nitrogens with zero attached hydrogens (tertiary/aromatic N) is 4. The van der Waals surface area contributed by atoms with Gasteiger partial charge in [-0.15, -0.1) is 0 Å². The Kier molecular flexibility index (Phi) is 3.99. The molecular formula is C16H21N5. The summed E-state index contributed by atoms with van der Waals surface area (Å²) in [6.45, 7) is 4.05. The van der Waals surface area contributed by atoms with Gasteiger partial charge in [0.25, 0.3) is 0 Å². The monoisotopic (exact) mass is 283 g/mol. The van der Waals surface area contributed by atoms with Crippen molar-refractivity contribution in [3.63, 3.8) is 0 Å². The van der Waals surface area contributed by atoms with Crippen molar-refractivity contribution in [2.75, 3.05) is 30.4 Å². The summed E-state index contributed by atoms with van der Waals surface area (Å²) in [7, 11) is 1.91. The van der Waals surface area contributed by atoms with Crippen LogP contribution in [0.2, 0.25) is 0 Å². The second kappa shape index (κ2) is 6.08. The lowest BCUT2D eigenvalue weighted by Gasteiger charge is -2.32. The van der Waals surface area contributed by atoms with Crippen molar-refractivity contribution in [2.45, 2.75) is 25.7 Å². The summed E-state index contributed by atoms with van der Waals surface area (Å²) in [5.74, 6) is 2.52. The van der Waals surface area contributed by atoms with Crippen LogP contribution in [-0.4, -0.2) is 35.1 Å². The molecule has 0 radical (unpaired) electrons. The Labute approximate surface area is 125 Å². The van der Waals surface area contributed by atoms with Crippen molar-refractivity contribution < 1.29 is 0 Å². The third kappa shape index (κ3) is 3.12. The first-order chi connectivity index (χ1) is 10.3. The summed E-state index contributed by atoms with van der Waals surface area (Å²) in [5, 5.41) is 3.11. The normalized spacial score (nSPS) is 16.0. The van der Waals surface area contributed by atoms with E-state index in [4.69, 9.17) is 0 Å². The maximum Gasteiger partial charge on any atom is 0.132 e. The average Bonchev–Trinajstić information content (AvgIpc) is 2.55. The molecule has 0 aliphatic carbocycles. The number of anilines is 2. The van der Waals surface area contributed by atoms with Crippen molar-refractivity contribution in [1.82, 2.24) is 15.0 Å². The number of aromatic nitrogens is 3. The Morgan fingerprint density at radius 1 is 1.19 bits per heavy atom. The van der Waals surface area contributed by atoms with Crippen LogP contribution in [-0.2, 0) is 0 Å². The highest BCUT2D eigenvalue weighted by atomic mass is 15.2. The highest BCUT2D eigenvalue weighted by Gasteiger charge is 2.22. The fourth-order valence-electron chi connectivity index (χ4n) is 2.84. The first-order valence-corrected chi connectivity index (χ1v) is 7.44. The molecule has 0 bridgehead atoms. The molecule has 0 atom stereocenters. The Morgan fingerprint density at radius 2 is 2.00 bits per heavy atom. The van der Waals surface area contributed by atoms with Crippen LogP contribution in [0.15, 0.2) is 30.6 Å². The van der Waals surface area contributed by atoms with Gasteiger partial charge in [-0.1, -0.05) is 6.07 Å². The molecule has 1 aliphatic heterocycles. The predicted molar refractivity (Wildman–Crippen MR) is 84.7 cm³/mol. The van der Waals surface area contributed by atoms with Crippen molar-refractivity contribution in [3.8, 4) is 0 Å². The fraction of sp³-hybridized carbons (Fsp3) is 0.438. The molecule has 3 heterocycles. The van der Waals surface area contributed by atoms with E-state index in [-0.39, 0.29) is 0 Å². The number of rotatable bonds is 3. The minimum absolute atomic E-state index is 0.539. The molecule has 21 heavy (non-hydrogen) atoms. The zero-order chi connectivity index (χ0) is 14.7. The van der Waals surface area contributed by atoms with Gasteiger partial charge in [-0.05, 0) is 31.9 Å². The Morgan fingerprint density at radius 3 is 2.71 bits per heavy atom. The van der Waals surface area contributed by atoms with Crippen molar-refractivity contribution in [1.29, 1.82) is 0 Å². The van der Waals surface area contributed by atoms with Gasteiger partial charge in [0.2, 0.25) is 0 Å². The van der Waals surface area contributed by atoms with E-state index < -0.39 is 0 Å². The Balaban J connectivity index is 1.67. The molecular weight excluding hydrogens is 262 g/mol. The summed E-state index contributed by atoms with van der Waals surface area (Å²) in [5.41, 5.74) is 2.21. The van der Waals surface area contributed by atoms with E-state index in [1.807, 2.05) is 20.0 Å². The van der Waals surface area contributed by atoms with Crippen LogP contribution in [0.1, 0.15) is 30.1 Å². The van der Waals surface area contributed by atoms with Gasteiger partial charge in [0.15, 0.2) is 0 Å². The van der Waals surface area contributed by atoms with E-state index in [2.05, 4.69) is 43.4 Å². The van der Waals surface area contributed by atoms with E-state index in [1.54, 1.807) is 6.33 Å². The SMILES string of the molecule is CNc1cccc(C2CCN(c3cc(C)ncn3)CC2)n1. The minimum Gasteiger partial charge on any atom is -0.373 e. The van der Waals surface area contributed by atoms with Crippen LogP contribution in [0.25, 0.3) is 0 Å². The third-order valence-corrected chi connectivity index (χ3v) is 4.05. The van der Waals surface area contributed by atoms with E-state index in [0.29, 0.717) is 5.92 Å². The van der Waals surface area contributed by atoms with Crippen LogP contribution in [0.4, 0.5) is 11.6 Å². The molecule has 0 unspecified atom stereocenters. The lowest BCUT2D eigenvalue weighted by Crippen LogP contribution is -2.33. The topological polar surface area (TPSA) is 53.9 Å². The molecule has 3 rings (SSSR count). The highest BCUT2D eigenvalue weighted by Crippen LogP contribution is 2.29. The Hall–Kier alpha value is -2.17. The van der Waals surface area contributed by atoms with Gasteiger partial charge in [0.05, 0.1) is 0 Å². The largest absolute Gasteiger partial charge is 0.373 e. The number of hydrogen-bond acceptors (Lipinski definition) is 5. The Bertz CT molecular complexity index is 605. The summed E-state index contributed by atoms with van der Waals surface area (Å²) >= 11 is 0. The first kappa shape index (κ1) is 13.8. The number of hydrogen-bond donors (Lipinski definition) is 1. The molecule has 0 aromatic carbocycles. The molecule has 0 saturated carbocycles. The van der Waals surface area contributed by atoms with Gasteiger partial charge in [-0.3, -0.25) is 0 Å². The standard InChI is InChI=1S/C16H21N5/c1-12-10-16(19-11-18-12)21-8-6-13(7-9-21)14-4-3-5-15(17-2)20-14/h3-5,10-11,13H,6-9H2,1-2H3,(H,17,20). The zero-order valence-corrected chi connectivity index (χ0v) is 12.6. The van der Waals surface area contributed by atoms with E-state index in [9.17, 15) is 0 Å². The van der Waals surface area contributed by atoms with Crippen LogP contribution in [0.5, 0.6) is 0 Å².